The van der Waals surface area contributed by atoms with Crippen molar-refractivity contribution in [1.29, 1.82) is 0 Å². The van der Waals surface area contributed by atoms with Crippen molar-refractivity contribution in [2.45, 2.75) is 6.92 Å². The van der Waals surface area contributed by atoms with Gasteiger partial charge in [-0.05, 0) is 42.8 Å². The van der Waals surface area contributed by atoms with Crippen LogP contribution >= 0.6 is 0 Å². The summed E-state index contributed by atoms with van der Waals surface area (Å²) in [5.74, 6) is 0.0137. The average molecular weight is 290 g/mol. The number of hydrogen-bond acceptors (Lipinski definition) is 3. The number of amides is 2. The lowest BCUT2D eigenvalue weighted by atomic mass is 10.2. The van der Waals surface area contributed by atoms with E-state index >= 15 is 0 Å². The summed E-state index contributed by atoms with van der Waals surface area (Å²) < 4.78 is 18.6. The highest BCUT2D eigenvalue weighted by Crippen LogP contribution is 2.22. The van der Waals surface area contributed by atoms with Gasteiger partial charge in [-0.3, -0.25) is 0 Å². The van der Waals surface area contributed by atoms with Gasteiger partial charge in [0.25, 0.3) is 0 Å². The molecule has 6 heteroatoms. The highest BCUT2D eigenvalue weighted by molar-refractivity contribution is 6.00. The van der Waals surface area contributed by atoms with Crippen LogP contribution in [-0.4, -0.2) is 18.2 Å². The van der Waals surface area contributed by atoms with Crippen LogP contribution in [0.2, 0.25) is 0 Å². The number of benzene rings is 2. The van der Waals surface area contributed by atoms with Crippen molar-refractivity contribution in [2.75, 3.05) is 17.7 Å². The number of rotatable bonds is 3. The Morgan fingerprint density at radius 3 is 2.62 bits per heavy atom. The largest absolute Gasteiger partial charge is 0.508 e. The van der Waals surface area contributed by atoms with Crippen molar-refractivity contribution in [2.24, 2.45) is 0 Å². The zero-order valence-electron chi connectivity index (χ0n) is 11.6. The van der Waals surface area contributed by atoms with Gasteiger partial charge in [0.1, 0.15) is 17.3 Å². The average Bonchev–Trinajstić information content (AvgIpc) is 2.45. The highest BCUT2D eigenvalue weighted by Gasteiger charge is 2.09. The third-order valence-corrected chi connectivity index (χ3v) is 2.88. The Labute approximate surface area is 121 Å². The smallest absolute Gasteiger partial charge is 0.323 e. The Kier molecular flexibility index (Phi) is 4.27. The molecule has 3 N–H and O–H groups in total. The Morgan fingerprint density at radius 1 is 1.19 bits per heavy atom. The van der Waals surface area contributed by atoms with Gasteiger partial charge < -0.3 is 20.5 Å². The molecule has 21 heavy (non-hydrogen) atoms. The fourth-order valence-corrected chi connectivity index (χ4v) is 1.75. The van der Waals surface area contributed by atoms with E-state index in [2.05, 4.69) is 10.6 Å². The van der Waals surface area contributed by atoms with Gasteiger partial charge in [-0.1, -0.05) is 0 Å². The number of nitrogens with one attached hydrogen (secondary N) is 2. The molecule has 0 fully saturated rings. The number of aryl methyl sites for hydroxylation is 1. The van der Waals surface area contributed by atoms with Crippen LogP contribution < -0.4 is 15.4 Å². The molecule has 0 bridgehead atoms. The van der Waals surface area contributed by atoms with E-state index in [1.165, 1.54) is 31.4 Å². The molecule has 0 aromatic heterocycles. The van der Waals surface area contributed by atoms with Crippen LogP contribution in [0.5, 0.6) is 11.5 Å². The number of hydrogen-bond donors (Lipinski definition) is 3. The summed E-state index contributed by atoms with van der Waals surface area (Å²) in [5.41, 5.74) is 1.13. The fourth-order valence-electron chi connectivity index (χ4n) is 1.75. The maximum absolute atomic E-state index is 13.6. The topological polar surface area (TPSA) is 70.6 Å². The summed E-state index contributed by atoms with van der Waals surface area (Å²) in [6.45, 7) is 1.71. The molecular formula is C15H15FN2O3. The van der Waals surface area contributed by atoms with Crippen LogP contribution in [0, 0.1) is 12.7 Å². The van der Waals surface area contributed by atoms with Crippen LogP contribution in [-0.2, 0) is 0 Å². The summed E-state index contributed by atoms with van der Waals surface area (Å²) in [4.78, 5) is 11.8. The molecule has 110 valence electrons. The normalized spacial score (nSPS) is 10.0. The van der Waals surface area contributed by atoms with Crippen LogP contribution in [0.15, 0.2) is 36.4 Å². The third-order valence-electron chi connectivity index (χ3n) is 2.88. The predicted molar refractivity (Wildman–Crippen MR) is 78.4 cm³/mol. The maximum Gasteiger partial charge on any atom is 0.323 e. The van der Waals surface area contributed by atoms with Gasteiger partial charge in [0, 0.05) is 11.8 Å². The second-order valence-corrected chi connectivity index (χ2v) is 4.43. The first kappa shape index (κ1) is 14.6. The number of phenolic OH excluding ortho intramolecular Hbond substituents is 1. The minimum absolute atomic E-state index is 0.0161. The van der Waals surface area contributed by atoms with Gasteiger partial charge in [0.05, 0.1) is 12.8 Å². The van der Waals surface area contributed by atoms with Crippen molar-refractivity contribution in [3.8, 4) is 11.5 Å². The lowest BCUT2D eigenvalue weighted by Gasteiger charge is -2.10. The molecule has 2 amide bonds. The monoisotopic (exact) mass is 290 g/mol. The number of carbonyl (C=O) groups is 1. The van der Waals surface area contributed by atoms with Crippen molar-refractivity contribution in [3.05, 3.63) is 47.8 Å². The molecule has 0 unspecified atom stereocenters. The van der Waals surface area contributed by atoms with Crippen LogP contribution in [0.3, 0.4) is 0 Å². The van der Waals surface area contributed by atoms with E-state index < -0.39 is 11.8 Å². The molecule has 0 heterocycles. The number of ether oxygens (including phenoxy) is 1. The Morgan fingerprint density at radius 2 is 1.95 bits per heavy atom. The molecule has 0 saturated carbocycles. The van der Waals surface area contributed by atoms with E-state index in [0.717, 1.165) is 0 Å². The lowest BCUT2D eigenvalue weighted by Crippen LogP contribution is -2.20. The minimum atomic E-state index is -0.591. The molecule has 0 aliphatic rings. The van der Waals surface area contributed by atoms with Gasteiger partial charge in [0.2, 0.25) is 0 Å². The van der Waals surface area contributed by atoms with Crippen LogP contribution in [0.25, 0.3) is 0 Å². The number of anilines is 2. The molecule has 0 saturated heterocycles. The summed E-state index contributed by atoms with van der Waals surface area (Å²) >= 11 is 0. The first-order chi connectivity index (χ1) is 9.99. The van der Waals surface area contributed by atoms with Crippen LogP contribution in [0.1, 0.15) is 5.56 Å². The molecular weight excluding hydrogens is 275 g/mol. The van der Waals surface area contributed by atoms with E-state index in [1.54, 1.807) is 19.1 Å². The van der Waals surface area contributed by atoms with E-state index in [9.17, 15) is 14.3 Å². The van der Waals surface area contributed by atoms with E-state index in [0.29, 0.717) is 17.0 Å². The second-order valence-electron chi connectivity index (χ2n) is 4.43. The summed E-state index contributed by atoms with van der Waals surface area (Å²) in [5, 5.41) is 14.4. The maximum atomic E-state index is 13.6. The Hall–Kier alpha value is -2.76. The first-order valence-electron chi connectivity index (χ1n) is 6.21. The summed E-state index contributed by atoms with van der Waals surface area (Å²) in [6.07, 6.45) is 0. The third kappa shape index (κ3) is 3.62. The van der Waals surface area contributed by atoms with Gasteiger partial charge in [-0.2, -0.15) is 0 Å². The van der Waals surface area contributed by atoms with Crippen LogP contribution in [0.4, 0.5) is 20.6 Å². The molecule has 0 aliphatic carbocycles. The van der Waals surface area contributed by atoms with Crippen molar-refractivity contribution < 1.29 is 19.0 Å². The van der Waals surface area contributed by atoms with Gasteiger partial charge in [0.15, 0.2) is 0 Å². The number of urea groups is 1. The quantitative estimate of drug-likeness (QED) is 0.758. The zero-order valence-corrected chi connectivity index (χ0v) is 11.6. The summed E-state index contributed by atoms with van der Waals surface area (Å²) in [7, 11) is 1.45. The molecule has 0 atom stereocenters. The predicted octanol–water partition coefficient (Wildman–Crippen LogP) is 3.49. The first-order valence-corrected chi connectivity index (χ1v) is 6.21. The molecule has 5 nitrogen and oxygen atoms in total. The SMILES string of the molecule is COc1ccc(F)c(NC(=O)Nc2ccc(O)c(C)c2)c1. The van der Waals surface area contributed by atoms with Gasteiger partial charge in [-0.25, -0.2) is 9.18 Å². The second kappa shape index (κ2) is 6.13. The summed E-state index contributed by atoms with van der Waals surface area (Å²) in [6, 6.07) is 8.09. The number of carbonyl (C=O) groups excluding carboxylic acids is 1. The molecule has 2 aromatic carbocycles. The Balaban J connectivity index is 2.09. The fraction of sp³-hybridized carbons (Fsp3) is 0.133. The van der Waals surface area contributed by atoms with Gasteiger partial charge in [-0.15, -0.1) is 0 Å². The number of phenols is 1. The van der Waals surface area contributed by atoms with E-state index in [4.69, 9.17) is 4.74 Å². The highest BCUT2D eigenvalue weighted by atomic mass is 19.1. The van der Waals surface area contributed by atoms with E-state index in [1.807, 2.05) is 0 Å². The Bertz CT molecular complexity index is 674. The zero-order chi connectivity index (χ0) is 15.4. The molecule has 2 rings (SSSR count). The molecule has 0 spiro atoms. The molecule has 0 radical (unpaired) electrons. The standard InChI is InChI=1S/C15H15FN2O3/c1-9-7-10(3-6-14(9)19)17-15(20)18-13-8-11(21-2)4-5-12(13)16/h3-8,19H,1-2H3,(H2,17,18,20). The van der Waals surface area contributed by atoms with E-state index in [-0.39, 0.29) is 11.4 Å². The van der Waals surface area contributed by atoms with Crippen molar-refractivity contribution >= 4 is 17.4 Å². The lowest BCUT2D eigenvalue weighted by molar-refractivity contribution is 0.262. The molecule has 0 aliphatic heterocycles. The number of aromatic hydroxyl groups is 1. The molecule has 2 aromatic rings. The van der Waals surface area contributed by atoms with Crippen molar-refractivity contribution in [1.82, 2.24) is 0 Å². The minimum Gasteiger partial charge on any atom is -0.508 e. The van der Waals surface area contributed by atoms with Crippen molar-refractivity contribution in [3.63, 3.8) is 0 Å². The number of methoxy groups -OCH3 is 1. The van der Waals surface area contributed by atoms with Gasteiger partial charge >= 0.3 is 6.03 Å². The number of halogens is 1.